The molecule has 1 rings (SSSR count). The van der Waals surface area contributed by atoms with Crippen molar-refractivity contribution >= 4 is 11.7 Å². The number of hydrogen-bond acceptors (Lipinski definition) is 5. The smallest absolute Gasteiger partial charge is 0.416 e. The maximum absolute atomic E-state index is 12.5. The van der Waals surface area contributed by atoms with Gasteiger partial charge in [0, 0.05) is 0 Å². The van der Waals surface area contributed by atoms with Crippen LogP contribution in [0.3, 0.4) is 0 Å². The molecule has 2 N–H and O–H groups in total. The fourth-order valence-electron chi connectivity index (χ4n) is 1.45. The van der Waals surface area contributed by atoms with E-state index in [1.807, 2.05) is 0 Å². The van der Waals surface area contributed by atoms with Gasteiger partial charge >= 0.3 is 12.1 Å². The number of ether oxygens (including phenoxy) is 1. The van der Waals surface area contributed by atoms with Crippen LogP contribution < -0.4 is 5.32 Å². The Hall–Kier alpha value is -2.27. The van der Waals surface area contributed by atoms with Crippen molar-refractivity contribution in [2.75, 3.05) is 19.0 Å². The third kappa shape index (κ3) is 3.61. The van der Waals surface area contributed by atoms with Crippen molar-refractivity contribution in [3.63, 3.8) is 0 Å². The summed E-state index contributed by atoms with van der Waals surface area (Å²) >= 11 is 0. The summed E-state index contributed by atoms with van der Waals surface area (Å²) in [5.41, 5.74) is -1.26. The Morgan fingerprint density at radius 2 is 2.20 bits per heavy atom. The van der Waals surface area contributed by atoms with Crippen molar-refractivity contribution in [2.24, 2.45) is 0 Å². The Labute approximate surface area is 112 Å². The van der Waals surface area contributed by atoms with Gasteiger partial charge in [0.05, 0.1) is 30.5 Å². The molecular weight excluding hydrogens is 277 g/mol. The quantitative estimate of drug-likeness (QED) is 0.821. The van der Waals surface area contributed by atoms with Gasteiger partial charge in [-0.2, -0.15) is 18.4 Å². The lowest BCUT2D eigenvalue weighted by molar-refractivity contribution is -0.142. The van der Waals surface area contributed by atoms with Crippen LogP contribution in [0, 0.1) is 11.3 Å². The van der Waals surface area contributed by atoms with E-state index in [4.69, 9.17) is 10.4 Å². The molecule has 0 saturated heterocycles. The van der Waals surface area contributed by atoms with E-state index in [1.165, 1.54) is 0 Å². The molecule has 0 fully saturated rings. The predicted molar refractivity (Wildman–Crippen MR) is 62.7 cm³/mol. The molecule has 0 aliphatic heterocycles. The monoisotopic (exact) mass is 288 g/mol. The molecule has 1 aromatic rings. The van der Waals surface area contributed by atoms with Crippen LogP contribution in [0.4, 0.5) is 18.9 Å². The molecule has 0 aromatic heterocycles. The molecule has 0 spiro atoms. The molecule has 0 amide bonds. The Bertz CT molecular complexity index is 538. The summed E-state index contributed by atoms with van der Waals surface area (Å²) in [6.07, 6.45) is -4.57. The topological polar surface area (TPSA) is 82.3 Å². The average Bonchev–Trinajstić information content (AvgIpc) is 2.42. The molecule has 108 valence electrons. The molecule has 1 aromatic carbocycles. The number of methoxy groups -OCH3 is 1. The first-order chi connectivity index (χ1) is 9.33. The van der Waals surface area contributed by atoms with Gasteiger partial charge in [-0.05, 0) is 18.2 Å². The molecule has 1 unspecified atom stereocenters. The first-order valence-electron chi connectivity index (χ1n) is 5.40. The highest BCUT2D eigenvalue weighted by Gasteiger charge is 2.31. The van der Waals surface area contributed by atoms with E-state index in [0.717, 1.165) is 19.2 Å². The molecule has 0 bridgehead atoms. The Balaban J connectivity index is 3.08. The Kier molecular flexibility index (Phi) is 4.94. The summed E-state index contributed by atoms with van der Waals surface area (Å²) in [7, 11) is 1.10. The number of aliphatic hydroxyl groups excluding tert-OH is 1. The number of benzene rings is 1. The largest absolute Gasteiger partial charge is 0.467 e. The van der Waals surface area contributed by atoms with E-state index in [-0.39, 0.29) is 11.3 Å². The number of halogens is 3. The number of hydrogen-bond donors (Lipinski definition) is 2. The Morgan fingerprint density at radius 1 is 1.55 bits per heavy atom. The normalized spacial score (nSPS) is 12.4. The van der Waals surface area contributed by atoms with Crippen molar-refractivity contribution in [3.8, 4) is 6.07 Å². The van der Waals surface area contributed by atoms with Gasteiger partial charge < -0.3 is 15.2 Å². The van der Waals surface area contributed by atoms with Crippen LogP contribution in [-0.4, -0.2) is 30.8 Å². The minimum absolute atomic E-state index is 0.00458. The first kappa shape index (κ1) is 15.8. The minimum atomic E-state index is -4.57. The van der Waals surface area contributed by atoms with Crippen LogP contribution in [0.2, 0.25) is 0 Å². The molecule has 0 heterocycles. The van der Waals surface area contributed by atoms with Crippen LogP contribution in [0.25, 0.3) is 0 Å². The first-order valence-corrected chi connectivity index (χ1v) is 5.40. The number of carbonyl (C=O) groups excluding carboxylic acids is 1. The SMILES string of the molecule is COC(=O)C(CO)Nc1ccc(C(F)(F)F)cc1C#N. The maximum Gasteiger partial charge on any atom is 0.416 e. The van der Waals surface area contributed by atoms with Crippen molar-refractivity contribution in [3.05, 3.63) is 29.3 Å². The molecule has 0 aliphatic carbocycles. The van der Waals surface area contributed by atoms with Gasteiger partial charge in [0.15, 0.2) is 0 Å². The van der Waals surface area contributed by atoms with Crippen molar-refractivity contribution in [1.82, 2.24) is 0 Å². The highest BCUT2D eigenvalue weighted by Crippen LogP contribution is 2.31. The standard InChI is InChI=1S/C12H11F3N2O3/c1-20-11(19)10(6-18)17-9-3-2-8(12(13,14)15)4-7(9)5-16/h2-4,10,17-18H,6H2,1H3. The molecular formula is C12H11F3N2O3. The lowest BCUT2D eigenvalue weighted by atomic mass is 10.1. The predicted octanol–water partition coefficient (Wildman–Crippen LogP) is 1.52. The lowest BCUT2D eigenvalue weighted by Gasteiger charge is -2.17. The zero-order valence-electron chi connectivity index (χ0n) is 10.4. The van der Waals surface area contributed by atoms with Crippen molar-refractivity contribution in [2.45, 2.75) is 12.2 Å². The third-order valence-electron chi connectivity index (χ3n) is 2.47. The second kappa shape index (κ2) is 6.25. The molecule has 1 atom stereocenters. The summed E-state index contributed by atoms with van der Waals surface area (Å²) in [5, 5.41) is 20.3. The number of carbonyl (C=O) groups is 1. The number of nitrogens with one attached hydrogen (secondary N) is 1. The van der Waals surface area contributed by atoms with Crippen LogP contribution in [0.15, 0.2) is 18.2 Å². The number of esters is 1. The van der Waals surface area contributed by atoms with Gasteiger partial charge in [-0.1, -0.05) is 0 Å². The molecule has 8 heteroatoms. The molecule has 20 heavy (non-hydrogen) atoms. The van der Waals surface area contributed by atoms with Crippen LogP contribution in [0.1, 0.15) is 11.1 Å². The van der Waals surface area contributed by atoms with Crippen molar-refractivity contribution < 1.29 is 27.8 Å². The fourth-order valence-corrected chi connectivity index (χ4v) is 1.45. The third-order valence-corrected chi connectivity index (χ3v) is 2.47. The maximum atomic E-state index is 12.5. The number of rotatable bonds is 4. The second-order valence-electron chi connectivity index (χ2n) is 3.77. The zero-order chi connectivity index (χ0) is 15.3. The number of alkyl halides is 3. The number of aliphatic hydroxyl groups is 1. The lowest BCUT2D eigenvalue weighted by Crippen LogP contribution is -2.34. The average molecular weight is 288 g/mol. The summed E-state index contributed by atoms with van der Waals surface area (Å²) in [6.45, 7) is -0.626. The molecule has 0 saturated carbocycles. The highest BCUT2D eigenvalue weighted by molar-refractivity contribution is 5.80. The number of nitriles is 1. The van der Waals surface area contributed by atoms with Gasteiger partial charge in [-0.25, -0.2) is 4.79 Å². The zero-order valence-corrected chi connectivity index (χ0v) is 10.4. The number of anilines is 1. The summed E-state index contributed by atoms with van der Waals surface area (Å²) in [5.74, 6) is -0.795. The molecule has 0 radical (unpaired) electrons. The van der Waals surface area contributed by atoms with E-state index < -0.39 is 30.4 Å². The van der Waals surface area contributed by atoms with Gasteiger partial charge in [0.2, 0.25) is 0 Å². The fraction of sp³-hybridized carbons (Fsp3) is 0.333. The summed E-state index contributed by atoms with van der Waals surface area (Å²) < 4.78 is 41.9. The van der Waals surface area contributed by atoms with Gasteiger partial charge in [0.25, 0.3) is 0 Å². The van der Waals surface area contributed by atoms with E-state index in [2.05, 4.69) is 10.1 Å². The van der Waals surface area contributed by atoms with Gasteiger partial charge in [0.1, 0.15) is 12.1 Å². The second-order valence-corrected chi connectivity index (χ2v) is 3.77. The minimum Gasteiger partial charge on any atom is -0.467 e. The van der Waals surface area contributed by atoms with Gasteiger partial charge in [-0.15, -0.1) is 0 Å². The molecule has 0 aliphatic rings. The van der Waals surface area contributed by atoms with Crippen molar-refractivity contribution in [1.29, 1.82) is 5.26 Å². The van der Waals surface area contributed by atoms with Crippen LogP contribution >= 0.6 is 0 Å². The van der Waals surface area contributed by atoms with Crippen LogP contribution in [-0.2, 0) is 15.7 Å². The van der Waals surface area contributed by atoms with E-state index in [0.29, 0.717) is 6.07 Å². The number of nitrogens with zero attached hydrogens (tertiary/aromatic N) is 1. The molecule has 5 nitrogen and oxygen atoms in total. The summed E-state index contributed by atoms with van der Waals surface area (Å²) in [6, 6.07) is 2.89. The Morgan fingerprint density at radius 3 is 2.65 bits per heavy atom. The van der Waals surface area contributed by atoms with E-state index in [9.17, 15) is 18.0 Å². The van der Waals surface area contributed by atoms with Crippen LogP contribution in [0.5, 0.6) is 0 Å². The highest BCUT2D eigenvalue weighted by atomic mass is 19.4. The van der Waals surface area contributed by atoms with E-state index >= 15 is 0 Å². The van der Waals surface area contributed by atoms with Gasteiger partial charge in [-0.3, -0.25) is 0 Å². The summed E-state index contributed by atoms with van der Waals surface area (Å²) in [4.78, 5) is 11.3. The van der Waals surface area contributed by atoms with E-state index in [1.54, 1.807) is 6.07 Å².